The van der Waals surface area contributed by atoms with E-state index >= 15 is 0 Å². The molecule has 18 heavy (non-hydrogen) atoms. The normalized spacial score (nSPS) is 11.0. The van der Waals surface area contributed by atoms with Gasteiger partial charge in [-0.15, -0.1) is 0 Å². The number of aromatic nitrogens is 5. The summed E-state index contributed by atoms with van der Waals surface area (Å²) in [7, 11) is 0. The zero-order chi connectivity index (χ0) is 12.5. The molecule has 92 valence electrons. The molecular weight excluding hydrogens is 300 g/mol. The van der Waals surface area contributed by atoms with Crippen molar-refractivity contribution in [1.29, 1.82) is 0 Å². The van der Waals surface area contributed by atoms with E-state index in [9.17, 15) is 0 Å². The molecule has 0 aliphatic carbocycles. The molecule has 0 spiro atoms. The van der Waals surface area contributed by atoms with Crippen LogP contribution < -0.4 is 5.32 Å². The predicted molar refractivity (Wildman–Crippen MR) is 67.0 cm³/mol. The molecule has 0 aliphatic heterocycles. The van der Waals surface area contributed by atoms with Gasteiger partial charge in [0.15, 0.2) is 17.3 Å². The van der Waals surface area contributed by atoms with Gasteiger partial charge in [0.1, 0.15) is 4.60 Å². The van der Waals surface area contributed by atoms with Crippen LogP contribution in [0.2, 0.25) is 0 Å². The third-order valence-corrected chi connectivity index (χ3v) is 2.71. The van der Waals surface area contributed by atoms with Crippen LogP contribution in [0.1, 0.15) is 11.7 Å². The van der Waals surface area contributed by atoms with E-state index in [1.807, 2.05) is 16.8 Å². The van der Waals surface area contributed by atoms with Gasteiger partial charge in [0.25, 0.3) is 0 Å². The van der Waals surface area contributed by atoms with Crippen molar-refractivity contribution in [3.63, 3.8) is 0 Å². The lowest BCUT2D eigenvalue weighted by Crippen LogP contribution is -2.05. The van der Waals surface area contributed by atoms with Crippen molar-refractivity contribution < 1.29 is 4.52 Å². The van der Waals surface area contributed by atoms with Crippen molar-refractivity contribution in [2.75, 3.05) is 5.32 Å². The Morgan fingerprint density at radius 3 is 3.11 bits per heavy atom. The van der Waals surface area contributed by atoms with Crippen molar-refractivity contribution in [3.05, 3.63) is 34.9 Å². The number of nitrogens with one attached hydrogen (secondary N) is 1. The highest BCUT2D eigenvalue weighted by Crippen LogP contribution is 2.17. The van der Waals surface area contributed by atoms with Gasteiger partial charge in [0, 0.05) is 25.5 Å². The number of hydrogen-bond acceptors (Lipinski definition) is 6. The molecule has 0 radical (unpaired) electrons. The van der Waals surface area contributed by atoms with Gasteiger partial charge in [-0.1, -0.05) is 5.16 Å². The molecule has 0 saturated carbocycles. The molecule has 7 nitrogen and oxygen atoms in total. The Bertz CT molecular complexity index is 691. The maximum atomic E-state index is 4.90. The molecule has 0 amide bonds. The van der Waals surface area contributed by atoms with Gasteiger partial charge in [-0.2, -0.15) is 4.98 Å². The molecule has 3 rings (SSSR count). The Kier molecular flexibility index (Phi) is 2.71. The highest BCUT2D eigenvalue weighted by molar-refractivity contribution is 9.10. The average molecular weight is 309 g/mol. The first-order valence-electron chi connectivity index (χ1n) is 5.24. The Morgan fingerprint density at radius 2 is 2.33 bits per heavy atom. The first-order valence-corrected chi connectivity index (χ1v) is 6.04. The lowest BCUT2D eigenvalue weighted by atomic mass is 10.5. The summed E-state index contributed by atoms with van der Waals surface area (Å²) in [6.45, 7) is 2.18. The van der Waals surface area contributed by atoms with Crippen LogP contribution in [0, 0.1) is 6.92 Å². The van der Waals surface area contributed by atoms with Gasteiger partial charge in [-0.25, -0.2) is 9.97 Å². The van der Waals surface area contributed by atoms with Gasteiger partial charge in [0.05, 0.1) is 6.54 Å². The van der Waals surface area contributed by atoms with Crippen LogP contribution in [0.15, 0.2) is 27.7 Å². The van der Waals surface area contributed by atoms with Gasteiger partial charge in [-0.05, 0) is 15.9 Å². The molecule has 0 atom stereocenters. The van der Waals surface area contributed by atoms with Crippen LogP contribution in [0.25, 0.3) is 5.65 Å². The van der Waals surface area contributed by atoms with Gasteiger partial charge >= 0.3 is 0 Å². The number of anilines is 1. The summed E-state index contributed by atoms with van der Waals surface area (Å²) < 4.78 is 7.50. The van der Waals surface area contributed by atoms with E-state index in [1.165, 1.54) is 0 Å². The topological polar surface area (TPSA) is 81.1 Å². The number of aryl methyl sites for hydroxylation is 1. The maximum absolute atomic E-state index is 4.90. The van der Waals surface area contributed by atoms with Gasteiger partial charge in [-0.3, -0.25) is 0 Å². The Hall–Kier alpha value is -1.96. The van der Waals surface area contributed by atoms with Crippen LogP contribution in [0.5, 0.6) is 0 Å². The van der Waals surface area contributed by atoms with Crippen LogP contribution in [0.4, 0.5) is 5.82 Å². The zero-order valence-corrected chi connectivity index (χ0v) is 11.0. The number of imidazole rings is 1. The van der Waals surface area contributed by atoms with Crippen LogP contribution in [-0.2, 0) is 6.54 Å². The van der Waals surface area contributed by atoms with E-state index < -0.39 is 0 Å². The van der Waals surface area contributed by atoms with E-state index in [0.29, 0.717) is 24.1 Å². The SMILES string of the molecule is Cc1nc(CNc2nc(Br)cn3ccnc23)no1. The largest absolute Gasteiger partial charge is 0.360 e. The van der Waals surface area contributed by atoms with Crippen LogP contribution in [-0.4, -0.2) is 24.5 Å². The first kappa shape index (κ1) is 11.1. The minimum atomic E-state index is 0.434. The van der Waals surface area contributed by atoms with Gasteiger partial charge < -0.3 is 14.2 Å². The number of rotatable bonds is 3. The van der Waals surface area contributed by atoms with E-state index in [4.69, 9.17) is 4.52 Å². The Balaban J connectivity index is 1.87. The molecule has 0 saturated heterocycles. The van der Waals surface area contributed by atoms with Crippen molar-refractivity contribution in [2.45, 2.75) is 13.5 Å². The molecule has 3 aromatic heterocycles. The summed E-state index contributed by atoms with van der Waals surface area (Å²) in [4.78, 5) is 12.7. The van der Waals surface area contributed by atoms with E-state index in [2.05, 4.69) is 41.4 Å². The fourth-order valence-corrected chi connectivity index (χ4v) is 1.99. The number of nitrogens with zero attached hydrogens (tertiary/aromatic N) is 5. The van der Waals surface area contributed by atoms with Crippen molar-refractivity contribution in [1.82, 2.24) is 24.5 Å². The second-order valence-electron chi connectivity index (χ2n) is 3.65. The zero-order valence-electron chi connectivity index (χ0n) is 9.46. The minimum absolute atomic E-state index is 0.434. The third-order valence-electron chi connectivity index (χ3n) is 2.33. The first-order chi connectivity index (χ1) is 8.72. The highest BCUT2D eigenvalue weighted by Gasteiger charge is 2.08. The van der Waals surface area contributed by atoms with E-state index in [-0.39, 0.29) is 0 Å². The molecular formula is C10H9BrN6O. The number of fused-ring (bicyclic) bond motifs is 1. The van der Waals surface area contributed by atoms with Crippen molar-refractivity contribution >= 4 is 27.4 Å². The summed E-state index contributed by atoms with van der Waals surface area (Å²) in [6.07, 6.45) is 5.41. The molecule has 1 N–H and O–H groups in total. The lowest BCUT2D eigenvalue weighted by Gasteiger charge is -2.05. The lowest BCUT2D eigenvalue weighted by molar-refractivity contribution is 0.388. The van der Waals surface area contributed by atoms with E-state index in [1.54, 1.807) is 13.1 Å². The third kappa shape index (κ3) is 2.06. The number of halogens is 1. The van der Waals surface area contributed by atoms with Gasteiger partial charge in [0.2, 0.25) is 5.89 Å². The molecule has 0 aliphatic rings. The fraction of sp³-hybridized carbons (Fsp3) is 0.200. The summed E-state index contributed by atoms with van der Waals surface area (Å²) in [5, 5.41) is 6.94. The maximum Gasteiger partial charge on any atom is 0.223 e. The van der Waals surface area contributed by atoms with Crippen LogP contribution >= 0.6 is 15.9 Å². The quantitative estimate of drug-likeness (QED) is 0.794. The molecule has 3 aromatic rings. The molecule has 8 heteroatoms. The van der Waals surface area contributed by atoms with Crippen molar-refractivity contribution in [2.24, 2.45) is 0 Å². The van der Waals surface area contributed by atoms with Crippen LogP contribution in [0.3, 0.4) is 0 Å². The predicted octanol–water partition coefficient (Wildman–Crippen LogP) is 1.80. The summed E-state index contributed by atoms with van der Waals surface area (Å²) in [5.41, 5.74) is 0.749. The number of hydrogen-bond donors (Lipinski definition) is 1. The smallest absolute Gasteiger partial charge is 0.223 e. The monoisotopic (exact) mass is 308 g/mol. The fourth-order valence-electron chi connectivity index (χ4n) is 1.60. The highest BCUT2D eigenvalue weighted by atomic mass is 79.9. The summed E-state index contributed by atoms with van der Waals surface area (Å²) >= 11 is 3.35. The molecule has 0 aromatic carbocycles. The standard InChI is InChI=1S/C10H9BrN6O/c1-6-14-8(16-18-6)4-13-9-10-12-2-3-17(10)5-7(11)15-9/h2-3,5H,4H2,1H3,(H,13,15). The summed E-state index contributed by atoms with van der Waals surface area (Å²) in [6, 6.07) is 0. The summed E-state index contributed by atoms with van der Waals surface area (Å²) in [5.74, 6) is 1.79. The second kappa shape index (κ2) is 4.37. The van der Waals surface area contributed by atoms with Crippen molar-refractivity contribution in [3.8, 4) is 0 Å². The molecule has 0 fully saturated rings. The minimum Gasteiger partial charge on any atom is -0.360 e. The van der Waals surface area contributed by atoms with E-state index in [0.717, 1.165) is 10.3 Å². The average Bonchev–Trinajstić information content (AvgIpc) is 2.94. The molecule has 0 unspecified atom stereocenters. The Morgan fingerprint density at radius 1 is 1.44 bits per heavy atom. The molecule has 3 heterocycles. The second-order valence-corrected chi connectivity index (χ2v) is 4.47. The Labute approximate surface area is 110 Å². The molecule has 0 bridgehead atoms.